The first-order chi connectivity index (χ1) is 15.8. The topological polar surface area (TPSA) is 96.2 Å². The van der Waals surface area contributed by atoms with E-state index in [2.05, 4.69) is 20.4 Å². The van der Waals surface area contributed by atoms with E-state index in [0.717, 1.165) is 16.6 Å². The molecule has 1 aromatic carbocycles. The third-order valence-corrected chi connectivity index (χ3v) is 6.39. The number of aryl methyl sites for hydroxylation is 3. The summed E-state index contributed by atoms with van der Waals surface area (Å²) in [4.78, 5) is 38.2. The van der Waals surface area contributed by atoms with Crippen LogP contribution < -0.4 is 10.2 Å². The van der Waals surface area contributed by atoms with Crippen molar-refractivity contribution in [1.29, 1.82) is 0 Å². The molecule has 1 N–H and O–H groups in total. The molecule has 1 saturated heterocycles. The van der Waals surface area contributed by atoms with Gasteiger partial charge in [0.2, 0.25) is 0 Å². The molecular weight excluding hydrogens is 442 g/mol. The average molecular weight is 464 g/mol. The Kier molecular flexibility index (Phi) is 4.93. The smallest absolute Gasteiger partial charge is 0.324 e. The fourth-order valence-electron chi connectivity index (χ4n) is 4.34. The van der Waals surface area contributed by atoms with E-state index in [9.17, 15) is 9.59 Å². The van der Waals surface area contributed by atoms with Crippen molar-refractivity contribution in [3.63, 3.8) is 0 Å². The molecule has 4 aromatic rings. The predicted octanol–water partition coefficient (Wildman–Crippen LogP) is 3.91. The molecule has 0 unspecified atom stereocenters. The Bertz CT molecular complexity index is 1460. The van der Waals surface area contributed by atoms with Gasteiger partial charge in [-0.1, -0.05) is 23.7 Å². The zero-order chi connectivity index (χ0) is 23.4. The minimum absolute atomic E-state index is 0.0574. The highest BCUT2D eigenvalue weighted by molar-refractivity contribution is 6.39. The van der Waals surface area contributed by atoms with Gasteiger partial charge in [-0.15, -0.1) is 0 Å². The van der Waals surface area contributed by atoms with Gasteiger partial charge in [0.15, 0.2) is 5.65 Å². The number of carbonyl (C=O) groups is 2. The largest absolute Gasteiger partial charge is 0.326 e. The maximum absolute atomic E-state index is 13.2. The molecule has 0 aliphatic carbocycles. The van der Waals surface area contributed by atoms with Crippen LogP contribution in [0.3, 0.4) is 0 Å². The number of halogens is 1. The number of carbonyl (C=O) groups excluding carboxylic acids is 2. The van der Waals surface area contributed by atoms with E-state index in [0.29, 0.717) is 46.0 Å². The number of pyridine rings is 2. The van der Waals surface area contributed by atoms with Crippen LogP contribution >= 0.6 is 11.6 Å². The maximum atomic E-state index is 13.2. The molecule has 1 aliphatic rings. The fourth-order valence-corrected chi connectivity index (χ4v) is 4.69. The number of hydrogen-bond acceptors (Lipinski definition) is 5. The Hall–Kier alpha value is -3.72. The van der Waals surface area contributed by atoms with E-state index in [1.165, 1.54) is 6.20 Å². The van der Waals surface area contributed by atoms with Crippen LogP contribution in [-0.2, 0) is 7.05 Å². The number of anilines is 2. The number of para-hydroxylation sites is 1. The summed E-state index contributed by atoms with van der Waals surface area (Å²) in [5, 5.41) is 9.00. The number of nitrogens with one attached hydrogen (secondary N) is 1. The molecule has 1 fully saturated rings. The number of likely N-dealkylation sites (N-methyl/N-ethyl adjacent to an activating group) is 1. The second-order valence-electron chi connectivity index (χ2n) is 8.19. The molecule has 4 heterocycles. The van der Waals surface area contributed by atoms with Crippen molar-refractivity contribution in [2.24, 2.45) is 7.05 Å². The van der Waals surface area contributed by atoms with Gasteiger partial charge in [0, 0.05) is 45.0 Å². The summed E-state index contributed by atoms with van der Waals surface area (Å²) in [6.45, 7) is 5.00. The maximum Gasteiger partial charge on any atom is 0.324 e. The summed E-state index contributed by atoms with van der Waals surface area (Å²) in [6, 6.07) is 5.46. The summed E-state index contributed by atoms with van der Waals surface area (Å²) in [7, 11) is 3.56. The third-order valence-electron chi connectivity index (χ3n) is 6.00. The second kappa shape index (κ2) is 7.70. The van der Waals surface area contributed by atoms with Crippen LogP contribution in [0, 0.1) is 13.8 Å². The molecule has 0 radical (unpaired) electrons. The highest BCUT2D eigenvalue weighted by atomic mass is 35.5. The van der Waals surface area contributed by atoms with Gasteiger partial charge >= 0.3 is 6.03 Å². The molecule has 3 aromatic heterocycles. The summed E-state index contributed by atoms with van der Waals surface area (Å²) < 4.78 is 1.63. The van der Waals surface area contributed by atoms with Gasteiger partial charge in [-0.25, -0.2) is 9.78 Å². The number of urea groups is 1. The Morgan fingerprint density at radius 2 is 1.91 bits per heavy atom. The normalized spacial score (nSPS) is 14.0. The molecule has 5 rings (SSSR count). The van der Waals surface area contributed by atoms with E-state index in [4.69, 9.17) is 11.6 Å². The minimum atomic E-state index is -0.397. The summed E-state index contributed by atoms with van der Waals surface area (Å²) in [6.07, 6.45) is 3.17. The van der Waals surface area contributed by atoms with Crippen molar-refractivity contribution in [1.82, 2.24) is 24.6 Å². The van der Waals surface area contributed by atoms with Gasteiger partial charge in [0.25, 0.3) is 5.91 Å². The molecule has 10 heteroatoms. The molecule has 0 saturated carbocycles. The van der Waals surface area contributed by atoms with Crippen molar-refractivity contribution < 1.29 is 9.59 Å². The molecule has 168 valence electrons. The van der Waals surface area contributed by atoms with Crippen LogP contribution in [0.2, 0.25) is 5.02 Å². The molecular formula is C23H22ClN7O2. The SMILES string of the molecule is Cc1cnc2c(NC(=O)c3cnc4c(c(C)nn4C)c3Cl)cccc2c1N1CCN(C)C1=O. The van der Waals surface area contributed by atoms with E-state index >= 15 is 0 Å². The monoisotopic (exact) mass is 463 g/mol. The number of rotatable bonds is 3. The number of hydrogen-bond donors (Lipinski definition) is 1. The Balaban J connectivity index is 1.57. The van der Waals surface area contributed by atoms with Crippen molar-refractivity contribution in [3.05, 3.63) is 52.4 Å². The first kappa shape index (κ1) is 21.1. The standard InChI is InChI=1S/C23H22ClN7O2/c1-12-10-25-19-14(20(12)31-9-8-29(3)23(31)33)6-5-7-16(19)27-22(32)15-11-26-21-17(18(15)24)13(2)28-30(21)4/h5-7,10-11H,8-9H2,1-4H3,(H,27,32). The predicted molar refractivity (Wildman–Crippen MR) is 128 cm³/mol. The summed E-state index contributed by atoms with van der Waals surface area (Å²) in [5.74, 6) is -0.397. The van der Waals surface area contributed by atoms with Crippen molar-refractivity contribution in [3.8, 4) is 0 Å². The Morgan fingerprint density at radius 3 is 2.64 bits per heavy atom. The Labute approximate surface area is 195 Å². The number of nitrogens with zero attached hydrogens (tertiary/aromatic N) is 6. The van der Waals surface area contributed by atoms with Gasteiger partial charge < -0.3 is 10.2 Å². The zero-order valence-electron chi connectivity index (χ0n) is 18.7. The highest BCUT2D eigenvalue weighted by Crippen LogP contribution is 2.35. The van der Waals surface area contributed by atoms with Crippen molar-refractivity contribution in [2.75, 3.05) is 30.4 Å². The van der Waals surface area contributed by atoms with Crippen LogP contribution in [0.25, 0.3) is 21.9 Å². The number of amides is 3. The minimum Gasteiger partial charge on any atom is -0.326 e. The zero-order valence-corrected chi connectivity index (χ0v) is 19.4. The van der Waals surface area contributed by atoms with Gasteiger partial charge in [0.1, 0.15) is 0 Å². The molecule has 0 bridgehead atoms. The molecule has 0 atom stereocenters. The second-order valence-corrected chi connectivity index (χ2v) is 8.57. The van der Waals surface area contributed by atoms with Gasteiger partial charge in [-0.2, -0.15) is 5.10 Å². The lowest BCUT2D eigenvalue weighted by Gasteiger charge is -2.21. The summed E-state index contributed by atoms with van der Waals surface area (Å²) in [5.41, 5.74) is 4.38. The quantitative estimate of drug-likeness (QED) is 0.497. The van der Waals surface area contributed by atoms with Crippen LogP contribution in [0.5, 0.6) is 0 Å². The third kappa shape index (κ3) is 3.27. The molecule has 0 spiro atoms. The van der Waals surface area contributed by atoms with E-state index in [1.54, 1.807) is 40.8 Å². The molecule has 9 nitrogen and oxygen atoms in total. The van der Waals surface area contributed by atoms with Gasteiger partial charge in [0.05, 0.1) is 38.6 Å². The number of fused-ring (bicyclic) bond motifs is 2. The number of benzene rings is 1. The van der Waals surface area contributed by atoms with Crippen LogP contribution in [0.1, 0.15) is 21.6 Å². The van der Waals surface area contributed by atoms with Crippen molar-refractivity contribution in [2.45, 2.75) is 13.8 Å². The van der Waals surface area contributed by atoms with Crippen molar-refractivity contribution >= 4 is 56.9 Å². The van der Waals surface area contributed by atoms with E-state index < -0.39 is 5.91 Å². The fraction of sp³-hybridized carbons (Fsp3) is 0.261. The molecule has 33 heavy (non-hydrogen) atoms. The van der Waals surface area contributed by atoms with E-state index in [-0.39, 0.29) is 11.6 Å². The van der Waals surface area contributed by atoms with Crippen LogP contribution in [0.4, 0.5) is 16.2 Å². The van der Waals surface area contributed by atoms with Gasteiger partial charge in [-0.05, 0) is 25.5 Å². The number of aromatic nitrogens is 4. The lowest BCUT2D eigenvalue weighted by Crippen LogP contribution is -2.30. The molecule has 3 amide bonds. The summed E-state index contributed by atoms with van der Waals surface area (Å²) >= 11 is 6.58. The Morgan fingerprint density at radius 1 is 1.12 bits per heavy atom. The first-order valence-electron chi connectivity index (χ1n) is 10.5. The average Bonchev–Trinajstić information content (AvgIpc) is 3.26. The van der Waals surface area contributed by atoms with E-state index in [1.807, 2.05) is 26.0 Å². The highest BCUT2D eigenvalue weighted by Gasteiger charge is 2.29. The first-order valence-corrected chi connectivity index (χ1v) is 10.9. The van der Waals surface area contributed by atoms with Crippen LogP contribution in [-0.4, -0.2) is 56.7 Å². The van der Waals surface area contributed by atoms with Gasteiger partial charge in [-0.3, -0.25) is 19.4 Å². The lowest BCUT2D eigenvalue weighted by atomic mass is 10.1. The van der Waals surface area contributed by atoms with Crippen LogP contribution in [0.15, 0.2) is 30.6 Å². The molecule has 1 aliphatic heterocycles. The lowest BCUT2D eigenvalue weighted by molar-refractivity contribution is 0.102.